The molecule has 1 amide bonds. The predicted molar refractivity (Wildman–Crippen MR) is 103 cm³/mol. The number of benzene rings is 1. The van der Waals surface area contributed by atoms with Crippen molar-refractivity contribution in [2.24, 2.45) is 11.8 Å². The van der Waals surface area contributed by atoms with Crippen molar-refractivity contribution in [2.45, 2.75) is 52.1 Å². The summed E-state index contributed by atoms with van der Waals surface area (Å²) in [5.74, 6) is -0.116. The average Bonchev–Trinajstić information content (AvgIpc) is 2.61. The molecule has 6 nitrogen and oxygen atoms in total. The molecule has 0 spiro atoms. The van der Waals surface area contributed by atoms with E-state index in [2.05, 4.69) is 5.32 Å². The minimum absolute atomic E-state index is 0.0466. The molecule has 0 radical (unpaired) electrons. The zero-order chi connectivity index (χ0) is 20.6. The topological polar surface area (TPSA) is 73.9 Å². The van der Waals surface area contributed by atoms with Gasteiger partial charge in [0.1, 0.15) is 18.0 Å². The summed E-state index contributed by atoms with van der Waals surface area (Å²) in [4.78, 5) is 23.6. The molecule has 0 bridgehead atoms. The number of carbonyl (C=O) groups is 2. The highest BCUT2D eigenvalue weighted by Crippen LogP contribution is 2.29. The summed E-state index contributed by atoms with van der Waals surface area (Å²) in [5, 5.41) is 2.58. The molecule has 1 N–H and O–H groups in total. The molecule has 1 saturated carbocycles. The van der Waals surface area contributed by atoms with Gasteiger partial charge < -0.3 is 14.2 Å². The lowest BCUT2D eigenvalue weighted by Crippen LogP contribution is -2.28. The van der Waals surface area contributed by atoms with E-state index in [9.17, 15) is 14.0 Å². The van der Waals surface area contributed by atoms with Crippen molar-refractivity contribution < 1.29 is 28.2 Å². The van der Waals surface area contributed by atoms with Gasteiger partial charge in [0, 0.05) is 5.69 Å². The number of rotatable bonds is 7. The molecule has 1 aromatic carbocycles. The number of nitrogens with one attached hydrogen (secondary N) is 1. The van der Waals surface area contributed by atoms with Gasteiger partial charge in [-0.3, -0.25) is 5.32 Å². The SMILES string of the molecule is CC(C)(C)OC(=O)COCC1CCCC(COC(=O)Nc2ccc(F)cc2)C1. The van der Waals surface area contributed by atoms with Crippen LogP contribution in [0.4, 0.5) is 14.9 Å². The first-order valence-corrected chi connectivity index (χ1v) is 9.70. The number of carbonyl (C=O) groups excluding carboxylic acids is 2. The highest BCUT2D eigenvalue weighted by atomic mass is 19.1. The number of hydrogen-bond acceptors (Lipinski definition) is 5. The zero-order valence-electron chi connectivity index (χ0n) is 16.8. The minimum Gasteiger partial charge on any atom is -0.458 e. The first kappa shape index (κ1) is 22.1. The molecule has 0 aliphatic heterocycles. The van der Waals surface area contributed by atoms with E-state index >= 15 is 0 Å². The van der Waals surface area contributed by atoms with Gasteiger partial charge in [0.15, 0.2) is 0 Å². The third-order valence-electron chi connectivity index (χ3n) is 4.43. The van der Waals surface area contributed by atoms with Crippen LogP contribution in [0.5, 0.6) is 0 Å². The summed E-state index contributed by atoms with van der Waals surface area (Å²) in [5.41, 5.74) is -0.0224. The van der Waals surface area contributed by atoms with E-state index in [4.69, 9.17) is 14.2 Å². The molecule has 1 aromatic rings. The second-order valence-corrected chi connectivity index (χ2v) is 8.23. The van der Waals surface area contributed by atoms with Crippen LogP contribution in [0.15, 0.2) is 24.3 Å². The summed E-state index contributed by atoms with van der Waals surface area (Å²) in [6.07, 6.45) is 3.40. The van der Waals surface area contributed by atoms with Crippen LogP contribution in [0.2, 0.25) is 0 Å². The summed E-state index contributed by atoms with van der Waals surface area (Å²) in [6.45, 7) is 6.25. The van der Waals surface area contributed by atoms with Crippen LogP contribution < -0.4 is 5.32 Å². The van der Waals surface area contributed by atoms with Crippen LogP contribution in [0.1, 0.15) is 46.5 Å². The lowest BCUT2D eigenvalue weighted by Gasteiger charge is -2.28. The largest absolute Gasteiger partial charge is 0.458 e. The quantitative estimate of drug-likeness (QED) is 0.686. The third-order valence-corrected chi connectivity index (χ3v) is 4.43. The Morgan fingerprint density at radius 1 is 1.11 bits per heavy atom. The van der Waals surface area contributed by atoms with Crippen molar-refractivity contribution in [2.75, 3.05) is 25.1 Å². The molecule has 28 heavy (non-hydrogen) atoms. The summed E-state index contributed by atoms with van der Waals surface area (Å²) < 4.78 is 28.9. The molecule has 2 atom stereocenters. The summed E-state index contributed by atoms with van der Waals surface area (Å²) in [6, 6.07) is 5.52. The Morgan fingerprint density at radius 2 is 1.75 bits per heavy atom. The van der Waals surface area contributed by atoms with Crippen LogP contribution in [-0.4, -0.2) is 37.5 Å². The maximum Gasteiger partial charge on any atom is 0.411 e. The number of halogens is 1. The molecule has 0 heterocycles. The van der Waals surface area contributed by atoms with Gasteiger partial charge in [-0.05, 0) is 76.1 Å². The van der Waals surface area contributed by atoms with Gasteiger partial charge in [-0.25, -0.2) is 14.0 Å². The van der Waals surface area contributed by atoms with Crippen molar-refractivity contribution in [1.29, 1.82) is 0 Å². The van der Waals surface area contributed by atoms with E-state index in [1.807, 2.05) is 20.8 Å². The Kier molecular flexibility index (Phi) is 8.23. The van der Waals surface area contributed by atoms with Gasteiger partial charge >= 0.3 is 12.1 Å². The number of ether oxygens (including phenoxy) is 3. The molecule has 2 rings (SSSR count). The number of hydrogen-bond donors (Lipinski definition) is 1. The molecular weight excluding hydrogens is 365 g/mol. The highest BCUT2D eigenvalue weighted by molar-refractivity contribution is 5.84. The highest BCUT2D eigenvalue weighted by Gasteiger charge is 2.24. The van der Waals surface area contributed by atoms with Crippen molar-refractivity contribution in [1.82, 2.24) is 0 Å². The molecule has 1 fully saturated rings. The van der Waals surface area contributed by atoms with Gasteiger partial charge in [-0.15, -0.1) is 0 Å². The van der Waals surface area contributed by atoms with Crippen LogP contribution in [0.25, 0.3) is 0 Å². The second kappa shape index (κ2) is 10.4. The molecule has 0 saturated heterocycles. The maximum atomic E-state index is 12.9. The Bertz CT molecular complexity index is 641. The van der Waals surface area contributed by atoms with Crippen molar-refractivity contribution in [3.8, 4) is 0 Å². The fraction of sp³-hybridized carbons (Fsp3) is 0.619. The molecule has 7 heteroatoms. The number of esters is 1. The molecule has 0 aromatic heterocycles. The predicted octanol–water partition coefficient (Wildman–Crippen LogP) is 4.54. The van der Waals surface area contributed by atoms with Crippen LogP contribution >= 0.6 is 0 Å². The number of amides is 1. The standard InChI is InChI=1S/C21H30FNO5/c1-21(2,3)28-19(24)14-26-12-15-5-4-6-16(11-15)13-27-20(25)23-18-9-7-17(22)8-10-18/h7-10,15-16H,4-6,11-14H2,1-3H3,(H,23,25). The van der Waals surface area contributed by atoms with E-state index in [1.165, 1.54) is 24.3 Å². The van der Waals surface area contributed by atoms with Crippen LogP contribution in [0.3, 0.4) is 0 Å². The van der Waals surface area contributed by atoms with E-state index < -0.39 is 11.7 Å². The normalized spacial score (nSPS) is 19.7. The van der Waals surface area contributed by atoms with Gasteiger partial charge in [0.2, 0.25) is 0 Å². The third kappa shape index (κ3) is 8.69. The first-order valence-electron chi connectivity index (χ1n) is 9.70. The van der Waals surface area contributed by atoms with Gasteiger partial charge in [-0.1, -0.05) is 6.42 Å². The molecular formula is C21H30FNO5. The fourth-order valence-corrected chi connectivity index (χ4v) is 3.27. The Morgan fingerprint density at radius 3 is 2.39 bits per heavy atom. The monoisotopic (exact) mass is 395 g/mol. The smallest absolute Gasteiger partial charge is 0.411 e. The van der Waals surface area contributed by atoms with Crippen LogP contribution in [0, 0.1) is 17.7 Å². The van der Waals surface area contributed by atoms with Crippen molar-refractivity contribution >= 4 is 17.7 Å². The van der Waals surface area contributed by atoms with Crippen molar-refractivity contribution in [3.05, 3.63) is 30.1 Å². The minimum atomic E-state index is -0.546. The fourth-order valence-electron chi connectivity index (χ4n) is 3.27. The Balaban J connectivity index is 1.65. The molecule has 2 unspecified atom stereocenters. The van der Waals surface area contributed by atoms with E-state index in [1.54, 1.807) is 0 Å². The molecule has 156 valence electrons. The van der Waals surface area contributed by atoms with Crippen LogP contribution in [-0.2, 0) is 19.0 Å². The summed E-state index contributed by atoms with van der Waals surface area (Å²) in [7, 11) is 0. The van der Waals surface area contributed by atoms with Gasteiger partial charge in [-0.2, -0.15) is 0 Å². The average molecular weight is 395 g/mol. The lowest BCUT2D eigenvalue weighted by molar-refractivity contribution is -0.160. The zero-order valence-corrected chi connectivity index (χ0v) is 16.8. The van der Waals surface area contributed by atoms with Gasteiger partial charge in [0.05, 0.1) is 13.2 Å². The lowest BCUT2D eigenvalue weighted by atomic mass is 9.82. The molecule has 1 aliphatic rings. The first-order chi connectivity index (χ1) is 13.2. The van der Waals surface area contributed by atoms with E-state index in [0.29, 0.717) is 24.8 Å². The van der Waals surface area contributed by atoms with Gasteiger partial charge in [0.25, 0.3) is 0 Å². The van der Waals surface area contributed by atoms with E-state index in [0.717, 1.165) is 25.7 Å². The van der Waals surface area contributed by atoms with Crippen molar-refractivity contribution in [3.63, 3.8) is 0 Å². The number of anilines is 1. The Labute approximate surface area is 165 Å². The summed E-state index contributed by atoms with van der Waals surface area (Å²) >= 11 is 0. The maximum absolute atomic E-state index is 12.9. The molecule has 1 aliphatic carbocycles. The second-order valence-electron chi connectivity index (χ2n) is 8.23. The van der Waals surface area contributed by atoms with E-state index in [-0.39, 0.29) is 24.3 Å². The Hall–Kier alpha value is -2.15.